The lowest BCUT2D eigenvalue weighted by Gasteiger charge is -2.35. The van der Waals surface area contributed by atoms with E-state index in [1.165, 1.54) is 0 Å². The highest BCUT2D eigenvalue weighted by Crippen LogP contribution is 2.37. The summed E-state index contributed by atoms with van der Waals surface area (Å²) in [5, 5.41) is 1.55. The van der Waals surface area contributed by atoms with Crippen molar-refractivity contribution in [2.24, 2.45) is 0 Å². The predicted octanol–water partition coefficient (Wildman–Crippen LogP) is 5.71. The lowest BCUT2D eigenvalue weighted by Crippen LogP contribution is -2.49. The molecule has 0 radical (unpaired) electrons. The number of halogens is 1. The zero-order valence-corrected chi connectivity index (χ0v) is 21.7. The summed E-state index contributed by atoms with van der Waals surface area (Å²) < 4.78 is 7.45. The Kier molecular flexibility index (Phi) is 6.43. The fourth-order valence-electron chi connectivity index (χ4n) is 4.99. The van der Waals surface area contributed by atoms with Gasteiger partial charge in [0.2, 0.25) is 0 Å². The van der Waals surface area contributed by atoms with Gasteiger partial charge >= 0.3 is 0 Å². The van der Waals surface area contributed by atoms with Gasteiger partial charge in [-0.25, -0.2) is 9.97 Å². The average molecular weight is 524 g/mol. The first-order chi connectivity index (χ1) is 18.6. The van der Waals surface area contributed by atoms with Crippen molar-refractivity contribution in [2.45, 2.75) is 0 Å². The van der Waals surface area contributed by atoms with Gasteiger partial charge in [0.1, 0.15) is 17.9 Å². The number of anilines is 1. The van der Waals surface area contributed by atoms with E-state index >= 15 is 0 Å². The van der Waals surface area contributed by atoms with E-state index < -0.39 is 0 Å². The Labute approximate surface area is 225 Å². The normalized spacial score (nSPS) is 13.6. The molecular formula is C30H26ClN5O2. The highest BCUT2D eigenvalue weighted by molar-refractivity contribution is 6.31. The Morgan fingerprint density at radius 1 is 0.895 bits per heavy atom. The maximum Gasteiger partial charge on any atom is 0.254 e. The van der Waals surface area contributed by atoms with E-state index in [1.54, 1.807) is 25.6 Å². The number of hydrogen-bond acceptors (Lipinski definition) is 5. The van der Waals surface area contributed by atoms with Gasteiger partial charge in [-0.2, -0.15) is 0 Å². The fourth-order valence-corrected chi connectivity index (χ4v) is 5.18. The molecular weight excluding hydrogens is 498 g/mol. The fraction of sp³-hybridized carbons (Fsp3) is 0.167. The first-order valence-electron chi connectivity index (χ1n) is 12.5. The van der Waals surface area contributed by atoms with Gasteiger partial charge in [-0.05, 0) is 48.0 Å². The Hall–Kier alpha value is -4.36. The SMILES string of the molecule is COc1ccc(-n2cc(-c3ccccc3)c3c(N4CCN(C(=O)c5cccc(Cl)c5)CC4)ncnc32)cc1. The second-order valence-electron chi connectivity index (χ2n) is 9.16. The molecule has 3 heterocycles. The van der Waals surface area contributed by atoms with Crippen LogP contribution in [0.4, 0.5) is 5.82 Å². The molecule has 0 bridgehead atoms. The van der Waals surface area contributed by atoms with Crippen molar-refractivity contribution in [2.75, 3.05) is 38.2 Å². The topological polar surface area (TPSA) is 63.5 Å². The van der Waals surface area contributed by atoms with E-state index in [0.717, 1.165) is 39.4 Å². The summed E-state index contributed by atoms with van der Waals surface area (Å²) in [5.74, 6) is 1.67. The minimum Gasteiger partial charge on any atom is -0.497 e. The van der Waals surface area contributed by atoms with Crippen LogP contribution in [0.2, 0.25) is 5.02 Å². The van der Waals surface area contributed by atoms with Crippen molar-refractivity contribution in [3.63, 3.8) is 0 Å². The molecule has 7 nitrogen and oxygen atoms in total. The van der Waals surface area contributed by atoms with Crippen LogP contribution >= 0.6 is 11.6 Å². The number of carbonyl (C=O) groups is 1. The Bertz CT molecular complexity index is 1590. The van der Waals surface area contributed by atoms with Crippen LogP contribution in [0.1, 0.15) is 10.4 Å². The maximum absolute atomic E-state index is 13.1. The van der Waals surface area contributed by atoms with Crippen molar-refractivity contribution in [1.82, 2.24) is 19.4 Å². The molecule has 6 rings (SSSR count). The molecule has 1 fully saturated rings. The van der Waals surface area contributed by atoms with E-state index in [4.69, 9.17) is 26.3 Å². The van der Waals surface area contributed by atoms with Crippen molar-refractivity contribution < 1.29 is 9.53 Å². The van der Waals surface area contributed by atoms with Gasteiger partial charge in [-0.1, -0.05) is 48.0 Å². The largest absolute Gasteiger partial charge is 0.497 e. The lowest BCUT2D eigenvalue weighted by atomic mass is 10.1. The summed E-state index contributed by atoms with van der Waals surface area (Å²) in [4.78, 5) is 26.6. The van der Waals surface area contributed by atoms with Gasteiger partial charge in [0.05, 0.1) is 12.5 Å². The van der Waals surface area contributed by atoms with E-state index in [0.29, 0.717) is 36.8 Å². The van der Waals surface area contributed by atoms with E-state index in [-0.39, 0.29) is 5.91 Å². The van der Waals surface area contributed by atoms with Crippen LogP contribution in [-0.2, 0) is 0 Å². The summed E-state index contributed by atoms with van der Waals surface area (Å²) in [6, 6.07) is 25.3. The second-order valence-corrected chi connectivity index (χ2v) is 9.60. The Balaban J connectivity index is 1.37. The third-order valence-corrected chi connectivity index (χ3v) is 7.17. The second kappa shape index (κ2) is 10.2. The first-order valence-corrected chi connectivity index (χ1v) is 12.9. The average Bonchev–Trinajstić information content (AvgIpc) is 3.37. The number of rotatable bonds is 5. The third-order valence-electron chi connectivity index (χ3n) is 6.94. The van der Waals surface area contributed by atoms with Crippen molar-refractivity contribution in [3.8, 4) is 22.6 Å². The highest BCUT2D eigenvalue weighted by Gasteiger charge is 2.26. The molecule has 38 heavy (non-hydrogen) atoms. The zero-order chi connectivity index (χ0) is 26.1. The minimum absolute atomic E-state index is 0.00406. The molecule has 5 aromatic rings. The molecule has 0 atom stereocenters. The number of fused-ring (bicyclic) bond motifs is 1. The number of carbonyl (C=O) groups excluding carboxylic acids is 1. The standard InChI is InChI=1S/C30H26ClN5O2/c1-38-25-12-10-24(11-13-25)36-19-26(21-6-3-2-4-7-21)27-28(32-20-33-29(27)36)34-14-16-35(17-15-34)30(37)22-8-5-9-23(31)18-22/h2-13,18-20H,14-17H2,1H3. The number of amides is 1. The number of ether oxygens (including phenoxy) is 1. The number of benzene rings is 3. The predicted molar refractivity (Wildman–Crippen MR) is 150 cm³/mol. The smallest absolute Gasteiger partial charge is 0.254 e. The molecule has 190 valence electrons. The number of aromatic nitrogens is 3. The summed E-state index contributed by atoms with van der Waals surface area (Å²) in [5.41, 5.74) is 4.58. The molecule has 1 aliphatic heterocycles. The van der Waals surface area contributed by atoms with Crippen LogP contribution in [0.15, 0.2) is 91.4 Å². The van der Waals surface area contributed by atoms with Crippen LogP contribution in [0, 0.1) is 0 Å². The van der Waals surface area contributed by atoms with Crippen molar-refractivity contribution in [1.29, 1.82) is 0 Å². The molecule has 8 heteroatoms. The first kappa shape index (κ1) is 24.0. The summed E-state index contributed by atoms with van der Waals surface area (Å²) in [6.45, 7) is 2.52. The molecule has 0 unspecified atom stereocenters. The molecule has 2 aromatic heterocycles. The quantitative estimate of drug-likeness (QED) is 0.295. The van der Waals surface area contributed by atoms with Gasteiger partial charge in [0.15, 0.2) is 5.65 Å². The number of methoxy groups -OCH3 is 1. The molecule has 0 spiro atoms. The molecule has 1 saturated heterocycles. The van der Waals surface area contributed by atoms with E-state index in [9.17, 15) is 4.79 Å². The van der Waals surface area contributed by atoms with Crippen molar-refractivity contribution in [3.05, 3.63) is 102 Å². The van der Waals surface area contributed by atoms with Crippen LogP contribution in [0.3, 0.4) is 0 Å². The maximum atomic E-state index is 13.1. The van der Waals surface area contributed by atoms with Gasteiger partial charge < -0.3 is 19.1 Å². The molecule has 0 saturated carbocycles. The van der Waals surface area contributed by atoms with Gasteiger partial charge in [-0.15, -0.1) is 0 Å². The van der Waals surface area contributed by atoms with Gasteiger partial charge in [-0.3, -0.25) is 4.79 Å². The van der Waals surface area contributed by atoms with Gasteiger partial charge in [0, 0.05) is 54.2 Å². The summed E-state index contributed by atoms with van der Waals surface area (Å²) in [6.07, 6.45) is 3.74. The molecule has 1 amide bonds. The number of piperazine rings is 1. The molecule has 0 aliphatic carbocycles. The third kappa shape index (κ3) is 4.46. The number of nitrogens with zero attached hydrogens (tertiary/aromatic N) is 5. The zero-order valence-electron chi connectivity index (χ0n) is 20.9. The highest BCUT2D eigenvalue weighted by atomic mass is 35.5. The lowest BCUT2D eigenvalue weighted by molar-refractivity contribution is 0.0746. The molecule has 1 aliphatic rings. The Morgan fingerprint density at radius 3 is 2.37 bits per heavy atom. The monoisotopic (exact) mass is 523 g/mol. The van der Waals surface area contributed by atoms with Gasteiger partial charge in [0.25, 0.3) is 5.91 Å². The van der Waals surface area contributed by atoms with Crippen LogP contribution in [-0.4, -0.2) is 58.6 Å². The van der Waals surface area contributed by atoms with Crippen LogP contribution in [0.5, 0.6) is 5.75 Å². The van der Waals surface area contributed by atoms with E-state index in [2.05, 4.69) is 27.8 Å². The van der Waals surface area contributed by atoms with Crippen LogP contribution in [0.25, 0.3) is 27.8 Å². The van der Waals surface area contributed by atoms with E-state index in [1.807, 2.05) is 59.5 Å². The summed E-state index contributed by atoms with van der Waals surface area (Å²) >= 11 is 6.11. The molecule has 3 aromatic carbocycles. The molecule has 0 N–H and O–H groups in total. The van der Waals surface area contributed by atoms with Crippen LogP contribution < -0.4 is 9.64 Å². The summed E-state index contributed by atoms with van der Waals surface area (Å²) in [7, 11) is 1.66. The number of hydrogen-bond donors (Lipinski definition) is 0. The Morgan fingerprint density at radius 2 is 1.66 bits per heavy atom. The van der Waals surface area contributed by atoms with Crippen molar-refractivity contribution >= 4 is 34.4 Å². The minimum atomic E-state index is -0.00406.